The van der Waals surface area contributed by atoms with E-state index in [1.165, 1.54) is 28.9 Å². The van der Waals surface area contributed by atoms with Crippen molar-refractivity contribution < 1.29 is 8.42 Å². The van der Waals surface area contributed by atoms with Crippen molar-refractivity contribution in [1.29, 1.82) is 10.5 Å². The fourth-order valence-corrected chi connectivity index (χ4v) is 5.03. The van der Waals surface area contributed by atoms with Crippen LogP contribution >= 0.6 is 34.8 Å². The van der Waals surface area contributed by atoms with Crippen LogP contribution in [-0.2, 0) is 16.6 Å². The molecule has 4 aromatic rings. The van der Waals surface area contributed by atoms with Gasteiger partial charge in [0.05, 0.1) is 45.2 Å². The molecule has 1 N–H and O–H groups in total. The average molecular weight is 543 g/mol. The number of nitriles is 2. The maximum absolute atomic E-state index is 12.8. The number of sulfonamides is 1. The number of hydrogen-bond acceptors (Lipinski definition) is 5. The second-order valence-electron chi connectivity index (χ2n) is 7.26. The van der Waals surface area contributed by atoms with Gasteiger partial charge in [0, 0.05) is 15.6 Å². The number of nitrogens with zero attached hydrogens (tertiary/aromatic N) is 4. The summed E-state index contributed by atoms with van der Waals surface area (Å²) < 4.78 is 29.6. The van der Waals surface area contributed by atoms with Crippen molar-refractivity contribution in [3.63, 3.8) is 0 Å². The highest BCUT2D eigenvalue weighted by molar-refractivity contribution is 7.89. The van der Waals surface area contributed by atoms with E-state index < -0.39 is 10.0 Å². The molecule has 0 saturated carbocycles. The standard InChI is InChI=1S/C24H14Cl3N5O2S/c25-17-6-4-16(5-7-17)24-20(13-29)22(31-32(24)23-9-8-18(26)11-21(23)27)14-30-35(33,34)19-3-1-2-15(10-19)12-28/h1-11,30H,14H2. The third kappa shape index (κ3) is 5.18. The number of aromatic nitrogens is 2. The number of benzene rings is 3. The molecule has 0 aliphatic carbocycles. The monoisotopic (exact) mass is 541 g/mol. The first kappa shape index (κ1) is 24.7. The van der Waals surface area contributed by atoms with Gasteiger partial charge in [-0.05, 0) is 48.5 Å². The first-order valence-corrected chi connectivity index (χ1v) is 12.6. The van der Waals surface area contributed by atoms with Gasteiger partial charge in [0.2, 0.25) is 10.0 Å². The van der Waals surface area contributed by atoms with Crippen molar-refractivity contribution in [1.82, 2.24) is 14.5 Å². The quantitative estimate of drug-likeness (QED) is 0.335. The van der Waals surface area contributed by atoms with E-state index in [2.05, 4.69) is 15.9 Å². The van der Waals surface area contributed by atoms with E-state index in [4.69, 9.17) is 40.1 Å². The van der Waals surface area contributed by atoms with Crippen molar-refractivity contribution in [2.75, 3.05) is 0 Å². The Bertz CT molecular complexity index is 1620. The van der Waals surface area contributed by atoms with E-state index in [-0.39, 0.29) is 28.3 Å². The predicted molar refractivity (Wildman–Crippen MR) is 134 cm³/mol. The minimum Gasteiger partial charge on any atom is -0.230 e. The first-order valence-electron chi connectivity index (χ1n) is 9.96. The molecule has 35 heavy (non-hydrogen) atoms. The third-order valence-electron chi connectivity index (χ3n) is 5.03. The second-order valence-corrected chi connectivity index (χ2v) is 10.3. The molecule has 3 aromatic carbocycles. The molecular formula is C24H14Cl3N5O2S. The minimum atomic E-state index is -3.99. The summed E-state index contributed by atoms with van der Waals surface area (Å²) in [5.74, 6) is 0. The number of halogens is 3. The summed E-state index contributed by atoms with van der Waals surface area (Å²) in [6.45, 7) is -0.277. The van der Waals surface area contributed by atoms with Gasteiger partial charge in [-0.15, -0.1) is 0 Å². The van der Waals surface area contributed by atoms with Crippen LogP contribution in [0.2, 0.25) is 15.1 Å². The van der Waals surface area contributed by atoms with Crippen molar-refractivity contribution in [2.45, 2.75) is 11.4 Å². The summed E-state index contributed by atoms with van der Waals surface area (Å²) in [6.07, 6.45) is 0. The summed E-state index contributed by atoms with van der Waals surface area (Å²) in [7, 11) is -3.99. The molecule has 0 amide bonds. The Kier molecular flexibility index (Phi) is 7.13. The van der Waals surface area contributed by atoms with E-state index in [9.17, 15) is 13.7 Å². The Morgan fingerprint density at radius 2 is 1.63 bits per heavy atom. The molecule has 0 radical (unpaired) electrons. The maximum atomic E-state index is 12.8. The van der Waals surface area contributed by atoms with Crippen molar-refractivity contribution in [3.05, 3.63) is 98.6 Å². The highest BCUT2D eigenvalue weighted by atomic mass is 35.5. The van der Waals surface area contributed by atoms with Crippen molar-refractivity contribution >= 4 is 44.8 Å². The summed E-state index contributed by atoms with van der Waals surface area (Å²) in [5, 5.41) is 24.8. The lowest BCUT2D eigenvalue weighted by molar-refractivity contribution is 0.580. The molecule has 1 aromatic heterocycles. The molecule has 1 heterocycles. The predicted octanol–water partition coefficient (Wildman–Crippen LogP) is 5.72. The van der Waals surface area contributed by atoms with Gasteiger partial charge in [0.25, 0.3) is 0 Å². The van der Waals surface area contributed by atoms with Gasteiger partial charge in [0.1, 0.15) is 11.6 Å². The van der Waals surface area contributed by atoms with E-state index in [1.54, 1.807) is 42.5 Å². The van der Waals surface area contributed by atoms with E-state index in [0.29, 0.717) is 32.0 Å². The van der Waals surface area contributed by atoms with Crippen LogP contribution in [0.3, 0.4) is 0 Å². The molecule has 0 fully saturated rings. The Hall–Kier alpha value is -3.37. The van der Waals surface area contributed by atoms with Gasteiger partial charge in [-0.25, -0.2) is 17.8 Å². The molecular weight excluding hydrogens is 529 g/mol. The van der Waals surface area contributed by atoms with Crippen LogP contribution in [0.4, 0.5) is 0 Å². The Labute approximate surface area is 216 Å². The molecule has 174 valence electrons. The van der Waals surface area contributed by atoms with Crippen LogP contribution in [0.5, 0.6) is 0 Å². The van der Waals surface area contributed by atoms with Gasteiger partial charge in [-0.3, -0.25) is 0 Å². The van der Waals surface area contributed by atoms with Crippen LogP contribution in [0, 0.1) is 22.7 Å². The lowest BCUT2D eigenvalue weighted by Crippen LogP contribution is -2.24. The fraction of sp³-hybridized carbons (Fsp3) is 0.0417. The zero-order valence-corrected chi connectivity index (χ0v) is 20.8. The molecule has 0 spiro atoms. The number of rotatable bonds is 6. The van der Waals surface area contributed by atoms with Gasteiger partial charge in [0.15, 0.2) is 0 Å². The Morgan fingerprint density at radius 3 is 2.29 bits per heavy atom. The largest absolute Gasteiger partial charge is 0.240 e. The molecule has 11 heteroatoms. The van der Waals surface area contributed by atoms with Crippen LogP contribution in [0.25, 0.3) is 16.9 Å². The molecule has 0 aliphatic rings. The van der Waals surface area contributed by atoms with Crippen LogP contribution in [0.1, 0.15) is 16.8 Å². The highest BCUT2D eigenvalue weighted by Gasteiger charge is 2.24. The average Bonchev–Trinajstić information content (AvgIpc) is 3.21. The Balaban J connectivity index is 1.81. The fourth-order valence-electron chi connectivity index (χ4n) is 3.39. The summed E-state index contributed by atoms with van der Waals surface area (Å²) in [6, 6.07) is 21.3. The van der Waals surface area contributed by atoms with Crippen molar-refractivity contribution in [3.8, 4) is 29.1 Å². The molecule has 0 aliphatic heterocycles. The first-order chi connectivity index (χ1) is 16.7. The smallest absolute Gasteiger partial charge is 0.230 e. The van der Waals surface area contributed by atoms with Crippen LogP contribution in [0.15, 0.2) is 71.6 Å². The number of hydrogen-bond donors (Lipinski definition) is 1. The third-order valence-corrected chi connectivity index (χ3v) is 7.22. The van der Waals surface area contributed by atoms with E-state index in [1.807, 2.05) is 6.07 Å². The lowest BCUT2D eigenvalue weighted by Gasteiger charge is -2.10. The molecule has 0 atom stereocenters. The molecule has 0 bridgehead atoms. The molecule has 4 rings (SSSR count). The van der Waals surface area contributed by atoms with Gasteiger partial charge in [-0.1, -0.05) is 53.0 Å². The summed E-state index contributed by atoms with van der Waals surface area (Å²) >= 11 is 18.5. The van der Waals surface area contributed by atoms with Crippen LogP contribution < -0.4 is 4.72 Å². The normalized spacial score (nSPS) is 11.1. The molecule has 0 saturated heterocycles. The van der Waals surface area contributed by atoms with Gasteiger partial charge < -0.3 is 0 Å². The van der Waals surface area contributed by atoms with E-state index in [0.717, 1.165) is 0 Å². The zero-order chi connectivity index (χ0) is 25.2. The van der Waals surface area contributed by atoms with Gasteiger partial charge >= 0.3 is 0 Å². The summed E-state index contributed by atoms with van der Waals surface area (Å²) in [4.78, 5) is -0.0758. The second kappa shape index (κ2) is 10.1. The number of nitrogens with one attached hydrogen (secondary N) is 1. The topological polar surface area (TPSA) is 112 Å². The summed E-state index contributed by atoms with van der Waals surface area (Å²) in [5.41, 5.74) is 2.04. The lowest BCUT2D eigenvalue weighted by atomic mass is 10.1. The zero-order valence-electron chi connectivity index (χ0n) is 17.7. The highest BCUT2D eigenvalue weighted by Crippen LogP contribution is 2.33. The van der Waals surface area contributed by atoms with Crippen molar-refractivity contribution in [2.24, 2.45) is 0 Å². The molecule has 7 nitrogen and oxygen atoms in total. The Morgan fingerprint density at radius 1 is 0.914 bits per heavy atom. The van der Waals surface area contributed by atoms with Crippen LogP contribution in [-0.4, -0.2) is 18.2 Å². The molecule has 0 unspecified atom stereocenters. The maximum Gasteiger partial charge on any atom is 0.240 e. The van der Waals surface area contributed by atoms with Gasteiger partial charge in [-0.2, -0.15) is 15.6 Å². The SMILES string of the molecule is N#Cc1cccc(S(=O)(=O)NCc2nn(-c3ccc(Cl)cc3Cl)c(-c3ccc(Cl)cc3)c2C#N)c1. The van der Waals surface area contributed by atoms with E-state index >= 15 is 0 Å². The minimum absolute atomic E-state index is 0.0758.